The molecule has 6 heteroatoms. The Hall–Kier alpha value is -2.57. The number of hydrogen-bond acceptors (Lipinski definition) is 5. The van der Waals surface area contributed by atoms with Crippen LogP contribution < -0.4 is 9.47 Å². The topological polar surface area (TPSA) is 38.8 Å². The zero-order valence-electron chi connectivity index (χ0n) is 18.1. The average molecular weight is 454 g/mol. The first kappa shape index (κ1) is 23.1. The fraction of sp³-hybridized carbons (Fsp3) is 0.280. The van der Waals surface area contributed by atoms with Gasteiger partial charge in [0.05, 0.1) is 4.91 Å². The van der Waals surface area contributed by atoms with Crippen LogP contribution in [-0.4, -0.2) is 34.9 Å². The van der Waals surface area contributed by atoms with Crippen LogP contribution in [0.4, 0.5) is 0 Å². The lowest BCUT2D eigenvalue weighted by molar-refractivity contribution is -0.121. The third-order valence-electron chi connectivity index (χ3n) is 4.72. The van der Waals surface area contributed by atoms with Crippen molar-refractivity contribution in [1.29, 1.82) is 0 Å². The SMILES string of the molecule is C=CCN1C(=O)/C(=C/c2ccccc2OCCOc2ccc(C(C)(C)C)cc2)SC1=S. The number of amides is 1. The van der Waals surface area contributed by atoms with E-state index >= 15 is 0 Å². The summed E-state index contributed by atoms with van der Waals surface area (Å²) in [5, 5.41) is 0. The Bertz CT molecular complexity index is 991. The number of carbonyl (C=O) groups is 1. The number of benzene rings is 2. The summed E-state index contributed by atoms with van der Waals surface area (Å²) in [5.74, 6) is 1.41. The van der Waals surface area contributed by atoms with Gasteiger partial charge in [-0.15, -0.1) is 6.58 Å². The molecule has 1 fully saturated rings. The van der Waals surface area contributed by atoms with Crippen LogP contribution in [0, 0.1) is 0 Å². The first-order valence-electron chi connectivity index (χ1n) is 10.1. The summed E-state index contributed by atoms with van der Waals surface area (Å²) < 4.78 is 12.3. The maximum atomic E-state index is 12.6. The molecule has 0 radical (unpaired) electrons. The van der Waals surface area contributed by atoms with Gasteiger partial charge in [-0.1, -0.05) is 81.2 Å². The monoisotopic (exact) mass is 453 g/mol. The molecule has 3 rings (SSSR count). The van der Waals surface area contributed by atoms with Crippen LogP contribution in [0.15, 0.2) is 66.1 Å². The van der Waals surface area contributed by atoms with Crippen LogP contribution in [0.5, 0.6) is 11.5 Å². The smallest absolute Gasteiger partial charge is 0.266 e. The van der Waals surface area contributed by atoms with Crippen LogP contribution in [0.1, 0.15) is 31.9 Å². The first-order chi connectivity index (χ1) is 14.8. The molecule has 1 heterocycles. The van der Waals surface area contributed by atoms with E-state index in [9.17, 15) is 4.79 Å². The third kappa shape index (κ3) is 5.99. The summed E-state index contributed by atoms with van der Waals surface area (Å²) in [5.41, 5.74) is 2.21. The Labute approximate surface area is 193 Å². The highest BCUT2D eigenvalue weighted by Gasteiger charge is 2.31. The van der Waals surface area contributed by atoms with Crippen molar-refractivity contribution in [2.45, 2.75) is 26.2 Å². The zero-order chi connectivity index (χ0) is 22.4. The van der Waals surface area contributed by atoms with Gasteiger partial charge >= 0.3 is 0 Å². The second kappa shape index (κ2) is 10.2. The largest absolute Gasteiger partial charge is 0.490 e. The number of thiocarbonyl (C=S) groups is 1. The molecule has 0 aliphatic carbocycles. The molecule has 0 N–H and O–H groups in total. The molecule has 0 saturated carbocycles. The molecule has 162 valence electrons. The minimum absolute atomic E-state index is 0.105. The molecule has 1 aliphatic heterocycles. The molecule has 0 aromatic heterocycles. The van der Waals surface area contributed by atoms with Crippen molar-refractivity contribution < 1.29 is 14.3 Å². The van der Waals surface area contributed by atoms with Gasteiger partial charge in [0.15, 0.2) is 0 Å². The van der Waals surface area contributed by atoms with Crippen LogP contribution in [0.25, 0.3) is 6.08 Å². The number of hydrogen-bond donors (Lipinski definition) is 0. The van der Waals surface area contributed by atoms with Gasteiger partial charge in [0.1, 0.15) is 29.0 Å². The van der Waals surface area contributed by atoms with Gasteiger partial charge in [-0.05, 0) is 35.3 Å². The summed E-state index contributed by atoms with van der Waals surface area (Å²) in [6, 6.07) is 15.8. The number of carbonyl (C=O) groups excluding carboxylic acids is 1. The quantitative estimate of drug-likeness (QED) is 0.218. The maximum absolute atomic E-state index is 12.6. The van der Waals surface area contributed by atoms with E-state index in [1.807, 2.05) is 42.5 Å². The van der Waals surface area contributed by atoms with Crippen LogP contribution in [0.2, 0.25) is 0 Å². The van der Waals surface area contributed by atoms with Crippen LogP contribution in [0.3, 0.4) is 0 Å². The lowest BCUT2D eigenvalue weighted by Crippen LogP contribution is -2.27. The highest BCUT2D eigenvalue weighted by molar-refractivity contribution is 8.26. The maximum Gasteiger partial charge on any atom is 0.266 e. The highest BCUT2D eigenvalue weighted by atomic mass is 32.2. The first-order valence-corrected chi connectivity index (χ1v) is 11.3. The van der Waals surface area contributed by atoms with Crippen molar-refractivity contribution in [3.63, 3.8) is 0 Å². The molecule has 0 bridgehead atoms. The lowest BCUT2D eigenvalue weighted by atomic mass is 9.87. The van der Waals surface area contributed by atoms with Crippen molar-refractivity contribution >= 4 is 40.3 Å². The van der Waals surface area contributed by atoms with Gasteiger partial charge in [-0.25, -0.2) is 0 Å². The van der Waals surface area contributed by atoms with Crippen molar-refractivity contribution in [3.05, 3.63) is 77.2 Å². The van der Waals surface area contributed by atoms with E-state index in [4.69, 9.17) is 21.7 Å². The van der Waals surface area contributed by atoms with Crippen molar-refractivity contribution in [3.8, 4) is 11.5 Å². The van der Waals surface area contributed by atoms with E-state index in [1.165, 1.54) is 17.3 Å². The molecular formula is C25H27NO3S2. The summed E-state index contributed by atoms with van der Waals surface area (Å²) in [6.07, 6.45) is 3.49. The van der Waals surface area contributed by atoms with Gasteiger partial charge in [-0.3, -0.25) is 9.69 Å². The Morgan fingerprint density at radius 2 is 1.74 bits per heavy atom. The zero-order valence-corrected chi connectivity index (χ0v) is 19.7. The van der Waals surface area contributed by atoms with E-state index in [0.29, 0.717) is 34.7 Å². The standard InChI is InChI=1S/C25H27NO3S2/c1-5-14-26-23(27)22(31-24(26)30)17-18-8-6-7-9-21(18)29-16-15-28-20-12-10-19(11-13-20)25(2,3)4/h5-13,17H,1,14-16H2,2-4H3/b22-17-. The van der Waals surface area contributed by atoms with Crippen LogP contribution in [-0.2, 0) is 10.2 Å². The number of ether oxygens (including phenoxy) is 2. The molecule has 0 unspecified atom stereocenters. The number of thioether (sulfide) groups is 1. The molecule has 0 spiro atoms. The van der Waals surface area contributed by atoms with Crippen molar-refractivity contribution in [2.75, 3.05) is 19.8 Å². The predicted molar refractivity (Wildman–Crippen MR) is 133 cm³/mol. The summed E-state index contributed by atoms with van der Waals surface area (Å²) in [4.78, 5) is 14.7. The minimum Gasteiger partial charge on any atom is -0.490 e. The Kier molecular flexibility index (Phi) is 7.57. The van der Waals surface area contributed by atoms with Gasteiger partial charge in [-0.2, -0.15) is 0 Å². The Morgan fingerprint density at radius 1 is 1.06 bits per heavy atom. The fourth-order valence-corrected chi connectivity index (χ4v) is 4.29. The molecule has 4 nitrogen and oxygen atoms in total. The van der Waals surface area contributed by atoms with Crippen molar-refractivity contribution in [1.82, 2.24) is 4.90 Å². The predicted octanol–water partition coefficient (Wildman–Crippen LogP) is 5.83. The number of nitrogens with zero attached hydrogens (tertiary/aromatic N) is 1. The molecular weight excluding hydrogens is 426 g/mol. The number of rotatable bonds is 8. The molecule has 1 amide bonds. The van der Waals surface area contributed by atoms with E-state index in [0.717, 1.165) is 11.3 Å². The number of para-hydroxylation sites is 1. The van der Waals surface area contributed by atoms with E-state index < -0.39 is 0 Å². The molecule has 1 saturated heterocycles. The van der Waals surface area contributed by atoms with Gasteiger partial charge < -0.3 is 9.47 Å². The summed E-state index contributed by atoms with van der Waals surface area (Å²) in [6.45, 7) is 11.5. The Balaban J connectivity index is 1.60. The summed E-state index contributed by atoms with van der Waals surface area (Å²) >= 11 is 6.60. The molecule has 1 aliphatic rings. The van der Waals surface area contributed by atoms with Gasteiger partial charge in [0.2, 0.25) is 0 Å². The van der Waals surface area contributed by atoms with Gasteiger partial charge in [0, 0.05) is 12.1 Å². The molecule has 31 heavy (non-hydrogen) atoms. The average Bonchev–Trinajstić information content (AvgIpc) is 3.00. The Morgan fingerprint density at radius 3 is 2.42 bits per heavy atom. The molecule has 0 atom stereocenters. The minimum atomic E-state index is -0.105. The molecule has 2 aromatic rings. The van der Waals surface area contributed by atoms with Crippen molar-refractivity contribution in [2.24, 2.45) is 0 Å². The fourth-order valence-electron chi connectivity index (χ4n) is 3.02. The normalized spacial score (nSPS) is 15.5. The molecule has 2 aromatic carbocycles. The highest BCUT2D eigenvalue weighted by Crippen LogP contribution is 2.34. The lowest BCUT2D eigenvalue weighted by Gasteiger charge is -2.19. The van der Waals surface area contributed by atoms with E-state index in [2.05, 4.69) is 39.5 Å². The third-order valence-corrected chi connectivity index (χ3v) is 6.10. The van der Waals surface area contributed by atoms with Crippen LogP contribution >= 0.6 is 24.0 Å². The summed E-state index contributed by atoms with van der Waals surface area (Å²) in [7, 11) is 0. The second-order valence-corrected chi connectivity index (χ2v) is 9.77. The van der Waals surface area contributed by atoms with E-state index in [1.54, 1.807) is 11.0 Å². The van der Waals surface area contributed by atoms with Gasteiger partial charge in [0.25, 0.3) is 5.91 Å². The van der Waals surface area contributed by atoms with E-state index in [-0.39, 0.29) is 11.3 Å². The second-order valence-electron chi connectivity index (χ2n) is 8.09.